The zero-order chi connectivity index (χ0) is 10.9. The van der Waals surface area contributed by atoms with Crippen LogP contribution < -0.4 is 0 Å². The molecule has 0 unspecified atom stereocenters. The van der Waals surface area contributed by atoms with Gasteiger partial charge in [0.05, 0.1) is 0 Å². The molecule has 0 bridgehead atoms. The Hall–Kier alpha value is 1.68. The average Bonchev–Trinajstić information content (AvgIpc) is 1.83. The predicted octanol–water partition coefficient (Wildman–Crippen LogP) is 4.70. The van der Waals surface area contributed by atoms with Gasteiger partial charge in [0.25, 0.3) is 0 Å². The van der Waals surface area contributed by atoms with Gasteiger partial charge in [0.1, 0.15) is 0 Å². The van der Waals surface area contributed by atoms with Crippen molar-refractivity contribution in [2.75, 3.05) is 0 Å². The number of hydrogen-bond donors (Lipinski definition) is 0. The van der Waals surface area contributed by atoms with Crippen molar-refractivity contribution in [1.29, 1.82) is 0 Å². The molecule has 0 saturated heterocycles. The van der Waals surface area contributed by atoms with Gasteiger partial charge in [-0.1, -0.05) is 0 Å². The van der Waals surface area contributed by atoms with E-state index >= 15 is 0 Å². The standard InChI is InChI=1S/C8H14Cl4Se/c1-7(2,5(9)10)13-8(3,4)6(11)12/h5-6H,1-4H3. The molecule has 0 saturated carbocycles. The summed E-state index contributed by atoms with van der Waals surface area (Å²) in [5.41, 5.74) is 0. The second-order valence-electron chi connectivity index (χ2n) is 3.91. The van der Waals surface area contributed by atoms with Crippen LogP contribution in [0.25, 0.3) is 0 Å². The molecule has 0 spiro atoms. The molecule has 0 aromatic heterocycles. The van der Waals surface area contributed by atoms with E-state index in [1.165, 1.54) is 0 Å². The Labute approximate surface area is 107 Å². The Kier molecular flexibility index (Phi) is 5.81. The van der Waals surface area contributed by atoms with Crippen LogP contribution in [-0.2, 0) is 0 Å². The Morgan fingerprint density at radius 3 is 1.15 bits per heavy atom. The van der Waals surface area contributed by atoms with Crippen molar-refractivity contribution in [2.24, 2.45) is 0 Å². The summed E-state index contributed by atoms with van der Waals surface area (Å²) >= 11 is 23.7. The fraction of sp³-hybridized carbons (Fsp3) is 1.00. The molecule has 0 aliphatic rings. The number of alkyl halides is 4. The Balaban J connectivity index is 4.42. The summed E-state index contributed by atoms with van der Waals surface area (Å²) in [6.07, 6.45) is 0. The first kappa shape index (κ1) is 14.7. The van der Waals surface area contributed by atoms with E-state index in [1.807, 2.05) is 27.7 Å². The zero-order valence-corrected chi connectivity index (χ0v) is 12.8. The summed E-state index contributed by atoms with van der Waals surface area (Å²) in [6.45, 7) is 8.15. The normalized spacial score (nSPS) is 14.3. The molecule has 13 heavy (non-hydrogen) atoms. The molecule has 0 amide bonds. The van der Waals surface area contributed by atoms with Gasteiger partial charge in [-0.25, -0.2) is 0 Å². The van der Waals surface area contributed by atoms with Crippen LogP contribution in [-0.4, -0.2) is 24.6 Å². The van der Waals surface area contributed by atoms with Gasteiger partial charge in [-0.3, -0.25) is 0 Å². The van der Waals surface area contributed by atoms with Crippen molar-refractivity contribution in [3.05, 3.63) is 0 Å². The molecule has 0 nitrogen and oxygen atoms in total. The van der Waals surface area contributed by atoms with Crippen LogP contribution >= 0.6 is 46.4 Å². The average molecular weight is 331 g/mol. The number of halogens is 4. The van der Waals surface area contributed by atoms with E-state index in [-0.39, 0.29) is 33.3 Å². The van der Waals surface area contributed by atoms with Crippen molar-refractivity contribution < 1.29 is 0 Å². The van der Waals surface area contributed by atoms with Crippen molar-refractivity contribution in [2.45, 2.75) is 46.0 Å². The van der Waals surface area contributed by atoms with Gasteiger partial charge in [-0.05, 0) is 0 Å². The minimum absolute atomic E-state index is 0.109. The van der Waals surface area contributed by atoms with Gasteiger partial charge in [-0.15, -0.1) is 0 Å². The van der Waals surface area contributed by atoms with Crippen molar-refractivity contribution >= 4 is 61.4 Å². The fourth-order valence-corrected chi connectivity index (χ4v) is 4.91. The summed E-state index contributed by atoms with van der Waals surface area (Å²) in [7, 11) is 0. The van der Waals surface area contributed by atoms with Crippen LogP contribution in [0.2, 0.25) is 8.63 Å². The van der Waals surface area contributed by atoms with E-state index in [1.54, 1.807) is 0 Å². The molecule has 0 atom stereocenters. The molecule has 5 heteroatoms. The van der Waals surface area contributed by atoms with E-state index in [2.05, 4.69) is 0 Å². The molecule has 0 aromatic rings. The van der Waals surface area contributed by atoms with Gasteiger partial charge in [0.2, 0.25) is 0 Å². The summed E-state index contributed by atoms with van der Waals surface area (Å²) in [6, 6.07) is 0. The molecular formula is C8H14Cl4Se. The molecule has 0 aliphatic heterocycles. The molecule has 0 N–H and O–H groups in total. The quantitative estimate of drug-likeness (QED) is 0.518. The monoisotopic (exact) mass is 330 g/mol. The Bertz CT molecular complexity index is 148. The Morgan fingerprint density at radius 1 is 0.769 bits per heavy atom. The van der Waals surface area contributed by atoms with E-state index < -0.39 is 0 Å². The first-order valence-electron chi connectivity index (χ1n) is 3.86. The van der Waals surface area contributed by atoms with Crippen molar-refractivity contribution in [1.82, 2.24) is 0 Å². The summed E-state index contributed by atoms with van der Waals surface area (Å²) in [5, 5.41) is 0. The van der Waals surface area contributed by atoms with E-state index in [0.29, 0.717) is 0 Å². The minimum atomic E-state index is -0.376. The molecule has 0 heterocycles. The first-order chi connectivity index (χ1) is 5.59. The van der Waals surface area contributed by atoms with Gasteiger partial charge in [0.15, 0.2) is 0 Å². The van der Waals surface area contributed by atoms with Gasteiger partial charge in [0, 0.05) is 0 Å². The van der Waals surface area contributed by atoms with Crippen LogP contribution in [0.4, 0.5) is 0 Å². The van der Waals surface area contributed by atoms with Crippen LogP contribution in [0.5, 0.6) is 0 Å². The van der Waals surface area contributed by atoms with Gasteiger partial charge >= 0.3 is 107 Å². The third kappa shape index (κ3) is 4.82. The zero-order valence-electron chi connectivity index (χ0n) is 8.07. The molecule has 0 radical (unpaired) electrons. The fourth-order valence-electron chi connectivity index (χ4n) is 0.767. The van der Waals surface area contributed by atoms with Crippen LogP contribution in [0.15, 0.2) is 0 Å². The first-order valence-corrected chi connectivity index (χ1v) is 7.32. The second kappa shape index (κ2) is 5.14. The van der Waals surface area contributed by atoms with Crippen LogP contribution in [0, 0.1) is 0 Å². The summed E-state index contributed by atoms with van der Waals surface area (Å²) in [5.74, 6) is 0. The number of rotatable bonds is 4. The van der Waals surface area contributed by atoms with Crippen molar-refractivity contribution in [3.63, 3.8) is 0 Å². The molecule has 0 rings (SSSR count). The molecule has 0 fully saturated rings. The van der Waals surface area contributed by atoms with E-state index in [4.69, 9.17) is 46.4 Å². The molecular weight excluding hydrogens is 317 g/mol. The third-order valence-corrected chi connectivity index (χ3v) is 8.13. The van der Waals surface area contributed by atoms with Gasteiger partial charge in [-0.2, -0.15) is 0 Å². The predicted molar refractivity (Wildman–Crippen MR) is 64.8 cm³/mol. The van der Waals surface area contributed by atoms with Crippen molar-refractivity contribution in [3.8, 4) is 0 Å². The van der Waals surface area contributed by atoms with E-state index in [9.17, 15) is 0 Å². The molecule has 0 aromatic carbocycles. The Morgan fingerprint density at radius 2 is 1.00 bits per heavy atom. The second-order valence-corrected chi connectivity index (χ2v) is 10.9. The molecule has 80 valence electrons. The molecule has 0 aliphatic carbocycles. The van der Waals surface area contributed by atoms with Crippen LogP contribution in [0.3, 0.4) is 0 Å². The maximum atomic E-state index is 5.88. The summed E-state index contributed by atoms with van der Waals surface area (Å²) in [4.78, 5) is -0.752. The topological polar surface area (TPSA) is 0 Å². The van der Waals surface area contributed by atoms with E-state index in [0.717, 1.165) is 0 Å². The SMILES string of the molecule is CC(C)([Se]C(C)(C)C(Cl)Cl)C(Cl)Cl. The summed E-state index contributed by atoms with van der Waals surface area (Å²) < 4.78 is -0.219. The van der Waals surface area contributed by atoms with Gasteiger partial charge < -0.3 is 0 Å². The maximum absolute atomic E-state index is 5.88. The number of hydrogen-bond acceptors (Lipinski definition) is 0. The van der Waals surface area contributed by atoms with Crippen LogP contribution in [0.1, 0.15) is 27.7 Å². The third-order valence-electron chi connectivity index (χ3n) is 1.58.